The van der Waals surface area contributed by atoms with Crippen LogP contribution in [0.4, 0.5) is 4.79 Å². The Morgan fingerprint density at radius 2 is 1.89 bits per heavy atom. The van der Waals surface area contributed by atoms with Crippen molar-refractivity contribution in [3.63, 3.8) is 0 Å². The number of nitrogens with one attached hydrogen (secondary N) is 2. The molecule has 1 fully saturated rings. The molecule has 0 saturated carbocycles. The number of aryl methyl sites for hydroxylation is 2. The summed E-state index contributed by atoms with van der Waals surface area (Å²) in [5.74, 6) is 1.71. The number of hydrogen-bond acceptors (Lipinski definition) is 4. The SMILES string of the molecule is CCOC(=O)N1CCC(NC(=NC)NCCOc2c(C)cccc2C)CC1.I. The van der Waals surface area contributed by atoms with E-state index < -0.39 is 0 Å². The first-order valence-electron chi connectivity index (χ1n) is 9.63. The first kappa shape index (κ1) is 24.3. The minimum absolute atomic E-state index is 0. The molecule has 1 amide bonds. The number of rotatable bonds is 6. The predicted octanol–water partition coefficient (Wildman–Crippen LogP) is 3.09. The zero-order chi connectivity index (χ0) is 19.6. The second kappa shape index (κ2) is 12.7. The number of carbonyl (C=O) groups is 1. The molecule has 1 aromatic carbocycles. The Labute approximate surface area is 185 Å². The van der Waals surface area contributed by atoms with Crippen LogP contribution >= 0.6 is 24.0 Å². The van der Waals surface area contributed by atoms with Crippen LogP contribution in [0.3, 0.4) is 0 Å². The van der Waals surface area contributed by atoms with Crippen molar-refractivity contribution in [1.82, 2.24) is 15.5 Å². The third kappa shape index (κ3) is 7.37. The molecule has 0 atom stereocenters. The van der Waals surface area contributed by atoms with Crippen LogP contribution in [0.1, 0.15) is 30.9 Å². The molecule has 0 bridgehead atoms. The Kier molecular flexibility index (Phi) is 11.0. The van der Waals surface area contributed by atoms with Gasteiger partial charge in [0.1, 0.15) is 12.4 Å². The maximum atomic E-state index is 11.8. The lowest BCUT2D eigenvalue weighted by Gasteiger charge is -2.32. The summed E-state index contributed by atoms with van der Waals surface area (Å²) < 4.78 is 11.0. The van der Waals surface area contributed by atoms with Gasteiger partial charge in [0.15, 0.2) is 5.96 Å². The van der Waals surface area contributed by atoms with Gasteiger partial charge in [-0.05, 0) is 44.7 Å². The lowest BCUT2D eigenvalue weighted by atomic mass is 10.1. The number of carbonyl (C=O) groups excluding carboxylic acids is 1. The summed E-state index contributed by atoms with van der Waals surface area (Å²) in [4.78, 5) is 17.8. The number of benzene rings is 1. The summed E-state index contributed by atoms with van der Waals surface area (Å²) in [7, 11) is 1.76. The molecule has 0 spiro atoms. The van der Waals surface area contributed by atoms with Crippen LogP contribution in [0, 0.1) is 13.8 Å². The molecule has 28 heavy (non-hydrogen) atoms. The minimum Gasteiger partial charge on any atom is -0.491 e. The average Bonchev–Trinajstić information content (AvgIpc) is 2.66. The molecular weight excluding hydrogens is 471 g/mol. The van der Waals surface area contributed by atoms with E-state index in [-0.39, 0.29) is 30.1 Å². The smallest absolute Gasteiger partial charge is 0.409 e. The van der Waals surface area contributed by atoms with E-state index in [0.29, 0.717) is 38.9 Å². The summed E-state index contributed by atoms with van der Waals surface area (Å²) in [6.45, 7) is 8.97. The van der Waals surface area contributed by atoms with Crippen molar-refractivity contribution in [2.75, 3.05) is 39.9 Å². The monoisotopic (exact) mass is 504 g/mol. The van der Waals surface area contributed by atoms with Crippen molar-refractivity contribution in [3.8, 4) is 5.75 Å². The highest BCUT2D eigenvalue weighted by atomic mass is 127. The van der Waals surface area contributed by atoms with Gasteiger partial charge in [0.2, 0.25) is 0 Å². The van der Waals surface area contributed by atoms with Gasteiger partial charge in [0.05, 0.1) is 13.2 Å². The molecule has 7 nitrogen and oxygen atoms in total. The maximum absolute atomic E-state index is 11.8. The van der Waals surface area contributed by atoms with E-state index in [0.717, 1.165) is 35.7 Å². The molecule has 1 aliphatic rings. The van der Waals surface area contributed by atoms with Crippen molar-refractivity contribution >= 4 is 36.0 Å². The fourth-order valence-electron chi connectivity index (χ4n) is 3.16. The number of likely N-dealkylation sites (tertiary alicyclic amines) is 1. The Morgan fingerprint density at radius 3 is 2.46 bits per heavy atom. The lowest BCUT2D eigenvalue weighted by molar-refractivity contribution is 0.0963. The number of aliphatic imine (C=N–C) groups is 1. The zero-order valence-electron chi connectivity index (χ0n) is 17.3. The Balaban J connectivity index is 0.00000392. The molecule has 1 aliphatic heterocycles. The summed E-state index contributed by atoms with van der Waals surface area (Å²) >= 11 is 0. The molecule has 1 heterocycles. The fourth-order valence-corrected chi connectivity index (χ4v) is 3.16. The Hall–Kier alpha value is -1.71. The van der Waals surface area contributed by atoms with E-state index in [1.165, 1.54) is 0 Å². The van der Waals surface area contributed by atoms with E-state index in [9.17, 15) is 4.79 Å². The number of halogens is 1. The molecule has 2 rings (SSSR count). The van der Waals surface area contributed by atoms with Gasteiger partial charge in [0, 0.05) is 26.2 Å². The molecule has 0 unspecified atom stereocenters. The van der Waals surface area contributed by atoms with Crippen LogP contribution in [-0.4, -0.2) is 62.9 Å². The third-order valence-corrected chi connectivity index (χ3v) is 4.64. The summed E-state index contributed by atoms with van der Waals surface area (Å²) in [5.41, 5.74) is 2.29. The molecule has 1 aromatic rings. The van der Waals surface area contributed by atoms with Gasteiger partial charge in [-0.25, -0.2) is 4.79 Å². The second-order valence-electron chi connectivity index (χ2n) is 6.67. The Morgan fingerprint density at radius 1 is 1.25 bits per heavy atom. The van der Waals surface area contributed by atoms with Gasteiger partial charge in [-0.3, -0.25) is 4.99 Å². The van der Waals surface area contributed by atoms with E-state index in [1.54, 1.807) is 11.9 Å². The third-order valence-electron chi connectivity index (χ3n) is 4.64. The second-order valence-corrected chi connectivity index (χ2v) is 6.67. The molecule has 2 N–H and O–H groups in total. The van der Waals surface area contributed by atoms with Gasteiger partial charge in [-0.1, -0.05) is 18.2 Å². The van der Waals surface area contributed by atoms with Crippen molar-refractivity contribution in [1.29, 1.82) is 0 Å². The number of ether oxygens (including phenoxy) is 2. The van der Waals surface area contributed by atoms with E-state index in [1.807, 2.05) is 13.0 Å². The van der Waals surface area contributed by atoms with Crippen molar-refractivity contribution in [3.05, 3.63) is 29.3 Å². The maximum Gasteiger partial charge on any atom is 0.409 e. The van der Waals surface area contributed by atoms with Crippen LogP contribution in [0.5, 0.6) is 5.75 Å². The van der Waals surface area contributed by atoms with Crippen molar-refractivity contribution in [2.24, 2.45) is 4.99 Å². The molecule has 158 valence electrons. The quantitative estimate of drug-likeness (QED) is 0.270. The van der Waals surface area contributed by atoms with E-state index >= 15 is 0 Å². The summed E-state index contributed by atoms with van der Waals surface area (Å²) in [6.07, 6.45) is 1.53. The number of guanidine groups is 1. The van der Waals surface area contributed by atoms with Gasteiger partial charge in [-0.2, -0.15) is 0 Å². The highest BCUT2D eigenvalue weighted by molar-refractivity contribution is 14.0. The first-order chi connectivity index (χ1) is 13.0. The number of amides is 1. The van der Waals surface area contributed by atoms with Crippen LogP contribution in [0.25, 0.3) is 0 Å². The number of nitrogens with zero attached hydrogens (tertiary/aromatic N) is 2. The normalized spacial score (nSPS) is 14.9. The molecule has 0 aromatic heterocycles. The van der Waals surface area contributed by atoms with Crippen LogP contribution < -0.4 is 15.4 Å². The van der Waals surface area contributed by atoms with Crippen LogP contribution in [-0.2, 0) is 4.74 Å². The van der Waals surface area contributed by atoms with E-state index in [2.05, 4.69) is 41.6 Å². The summed E-state index contributed by atoms with van der Waals surface area (Å²) in [5, 5.41) is 6.71. The fraction of sp³-hybridized carbons (Fsp3) is 0.600. The highest BCUT2D eigenvalue weighted by Gasteiger charge is 2.23. The number of hydrogen-bond donors (Lipinski definition) is 2. The predicted molar refractivity (Wildman–Crippen MR) is 123 cm³/mol. The first-order valence-corrected chi connectivity index (χ1v) is 9.63. The molecule has 8 heteroatoms. The van der Waals surface area contributed by atoms with Crippen LogP contribution in [0.15, 0.2) is 23.2 Å². The van der Waals surface area contributed by atoms with Gasteiger partial charge in [0.25, 0.3) is 0 Å². The zero-order valence-corrected chi connectivity index (χ0v) is 19.6. The van der Waals surface area contributed by atoms with Gasteiger partial charge in [-0.15, -0.1) is 24.0 Å². The molecule has 0 aliphatic carbocycles. The van der Waals surface area contributed by atoms with E-state index in [4.69, 9.17) is 9.47 Å². The topological polar surface area (TPSA) is 75.2 Å². The highest BCUT2D eigenvalue weighted by Crippen LogP contribution is 2.21. The number of para-hydroxylation sites is 1. The summed E-state index contributed by atoms with van der Waals surface area (Å²) in [6, 6.07) is 6.44. The molecule has 1 saturated heterocycles. The minimum atomic E-state index is -0.220. The van der Waals surface area contributed by atoms with Gasteiger partial charge >= 0.3 is 6.09 Å². The standard InChI is InChI=1S/C20H32N4O3.HI/c1-5-26-20(25)24-12-9-17(10-13-24)23-19(21-4)22-11-14-27-18-15(2)7-6-8-16(18)3;/h6-8,17H,5,9-14H2,1-4H3,(H2,21,22,23);1H. The lowest BCUT2D eigenvalue weighted by Crippen LogP contribution is -2.50. The largest absolute Gasteiger partial charge is 0.491 e. The number of piperidine rings is 1. The Bertz CT molecular complexity index is 626. The molecular formula is C20H33IN4O3. The van der Waals surface area contributed by atoms with Crippen molar-refractivity contribution < 1.29 is 14.3 Å². The average molecular weight is 504 g/mol. The van der Waals surface area contributed by atoms with Crippen LogP contribution in [0.2, 0.25) is 0 Å². The van der Waals surface area contributed by atoms with Gasteiger partial charge < -0.3 is 25.0 Å². The van der Waals surface area contributed by atoms with Crippen molar-refractivity contribution in [2.45, 2.75) is 39.7 Å². The molecule has 0 radical (unpaired) electrons.